The van der Waals surface area contributed by atoms with Gasteiger partial charge in [-0.05, 0) is 36.4 Å². The van der Waals surface area contributed by atoms with Gasteiger partial charge in [-0.25, -0.2) is 13.1 Å². The molecule has 0 atom stereocenters. The van der Waals surface area contributed by atoms with Gasteiger partial charge in [-0.15, -0.1) is 6.58 Å². The Balaban J connectivity index is 2.09. The third-order valence-electron chi connectivity index (χ3n) is 2.76. The number of carbonyl (C=O) groups is 1. The fourth-order valence-electron chi connectivity index (χ4n) is 1.67. The smallest absolute Gasteiger partial charge is 0.257 e. The summed E-state index contributed by atoms with van der Waals surface area (Å²) in [5.74, 6) is -0.312. The zero-order chi connectivity index (χ0) is 16.0. The van der Waals surface area contributed by atoms with Gasteiger partial charge in [0.05, 0.1) is 10.5 Å². The Morgan fingerprint density at radius 3 is 2.55 bits per heavy atom. The van der Waals surface area contributed by atoms with Gasteiger partial charge in [0.25, 0.3) is 5.91 Å². The molecule has 0 aliphatic carbocycles. The lowest BCUT2D eigenvalue weighted by Crippen LogP contribution is -2.23. The quantitative estimate of drug-likeness (QED) is 0.795. The fourth-order valence-corrected chi connectivity index (χ4v) is 2.67. The predicted molar refractivity (Wildman–Crippen MR) is 84.0 cm³/mol. The summed E-state index contributed by atoms with van der Waals surface area (Å²) in [4.78, 5) is 15.9. The van der Waals surface area contributed by atoms with E-state index in [4.69, 9.17) is 0 Å². The first-order valence-corrected chi connectivity index (χ1v) is 7.93. The van der Waals surface area contributed by atoms with Crippen LogP contribution in [0.2, 0.25) is 0 Å². The van der Waals surface area contributed by atoms with Crippen LogP contribution >= 0.6 is 0 Å². The topological polar surface area (TPSA) is 88.2 Å². The molecule has 2 rings (SSSR count). The number of amides is 1. The second kappa shape index (κ2) is 6.97. The number of benzene rings is 1. The van der Waals surface area contributed by atoms with Gasteiger partial charge < -0.3 is 5.32 Å². The molecule has 0 radical (unpaired) electrons. The third kappa shape index (κ3) is 4.00. The first-order valence-electron chi connectivity index (χ1n) is 6.45. The molecular weight excluding hydrogens is 302 g/mol. The van der Waals surface area contributed by atoms with E-state index in [0.29, 0.717) is 11.3 Å². The summed E-state index contributed by atoms with van der Waals surface area (Å²) in [6.45, 7) is 3.61. The minimum atomic E-state index is -3.56. The van der Waals surface area contributed by atoms with E-state index in [2.05, 4.69) is 21.6 Å². The highest BCUT2D eigenvalue weighted by Gasteiger charge is 2.13. The summed E-state index contributed by atoms with van der Waals surface area (Å²) in [6, 6.07) is 9.19. The molecule has 0 bridgehead atoms. The summed E-state index contributed by atoms with van der Waals surface area (Å²) in [7, 11) is -3.56. The van der Waals surface area contributed by atoms with Gasteiger partial charge in [0.1, 0.15) is 0 Å². The number of rotatable bonds is 6. The van der Waals surface area contributed by atoms with Crippen LogP contribution < -0.4 is 10.0 Å². The number of anilines is 1. The average molecular weight is 317 g/mol. The molecule has 6 nitrogen and oxygen atoms in total. The van der Waals surface area contributed by atoms with Gasteiger partial charge >= 0.3 is 0 Å². The van der Waals surface area contributed by atoms with Gasteiger partial charge in [-0.2, -0.15) is 0 Å². The second-order valence-corrected chi connectivity index (χ2v) is 6.13. The number of nitrogens with zero attached hydrogens (tertiary/aromatic N) is 1. The van der Waals surface area contributed by atoms with E-state index in [1.54, 1.807) is 18.3 Å². The number of pyridine rings is 1. The molecule has 0 aliphatic rings. The maximum Gasteiger partial charge on any atom is 0.257 e. The number of carbonyl (C=O) groups excluding carboxylic acids is 1. The molecule has 0 saturated carbocycles. The van der Waals surface area contributed by atoms with Crippen molar-refractivity contribution in [2.45, 2.75) is 4.90 Å². The van der Waals surface area contributed by atoms with E-state index >= 15 is 0 Å². The first kappa shape index (κ1) is 15.9. The van der Waals surface area contributed by atoms with E-state index in [9.17, 15) is 13.2 Å². The molecule has 114 valence electrons. The average Bonchev–Trinajstić information content (AvgIpc) is 2.54. The third-order valence-corrected chi connectivity index (χ3v) is 4.20. The number of hydrogen-bond acceptors (Lipinski definition) is 4. The Kier molecular flexibility index (Phi) is 5.03. The lowest BCUT2D eigenvalue weighted by molar-refractivity contribution is 0.102. The minimum Gasteiger partial charge on any atom is -0.322 e. The SMILES string of the molecule is C=CCNS(=O)(=O)c1ccc(NC(=O)c2cccnc2)cc1. The van der Waals surface area contributed by atoms with Crippen LogP contribution in [0.25, 0.3) is 0 Å². The van der Waals surface area contributed by atoms with E-state index in [0.717, 1.165) is 0 Å². The van der Waals surface area contributed by atoms with Crippen LogP contribution in [0, 0.1) is 0 Å². The predicted octanol–water partition coefficient (Wildman–Crippen LogP) is 1.80. The normalized spacial score (nSPS) is 10.9. The highest BCUT2D eigenvalue weighted by atomic mass is 32.2. The zero-order valence-electron chi connectivity index (χ0n) is 11.7. The van der Waals surface area contributed by atoms with Gasteiger partial charge in [-0.3, -0.25) is 9.78 Å². The van der Waals surface area contributed by atoms with E-state index in [-0.39, 0.29) is 17.3 Å². The molecule has 0 fully saturated rings. The number of nitrogens with one attached hydrogen (secondary N) is 2. The summed E-state index contributed by atoms with van der Waals surface area (Å²) >= 11 is 0. The number of hydrogen-bond donors (Lipinski definition) is 2. The molecule has 1 heterocycles. The maximum absolute atomic E-state index is 11.9. The molecule has 7 heteroatoms. The lowest BCUT2D eigenvalue weighted by Gasteiger charge is -2.07. The summed E-state index contributed by atoms with van der Waals surface area (Å²) < 4.78 is 26.2. The second-order valence-electron chi connectivity index (χ2n) is 4.36. The van der Waals surface area contributed by atoms with Crippen molar-refractivity contribution in [1.82, 2.24) is 9.71 Å². The number of aromatic nitrogens is 1. The molecule has 1 aromatic heterocycles. The Bertz CT molecular complexity index is 756. The lowest BCUT2D eigenvalue weighted by atomic mass is 10.2. The van der Waals surface area contributed by atoms with Crippen LogP contribution in [0.4, 0.5) is 5.69 Å². The van der Waals surface area contributed by atoms with E-state index < -0.39 is 10.0 Å². The van der Waals surface area contributed by atoms with Gasteiger partial charge in [0.15, 0.2) is 0 Å². The molecular formula is C15H15N3O3S. The molecule has 0 unspecified atom stereocenters. The van der Waals surface area contributed by atoms with Crippen molar-refractivity contribution in [2.24, 2.45) is 0 Å². The molecule has 22 heavy (non-hydrogen) atoms. The van der Waals surface area contributed by atoms with Crippen molar-refractivity contribution in [1.29, 1.82) is 0 Å². The van der Waals surface area contributed by atoms with E-state index in [1.165, 1.54) is 36.5 Å². The van der Waals surface area contributed by atoms with Crippen molar-refractivity contribution in [3.63, 3.8) is 0 Å². The standard InChI is InChI=1S/C15H15N3O3S/c1-2-9-17-22(20,21)14-7-5-13(6-8-14)18-15(19)12-4-3-10-16-11-12/h2-8,10-11,17H,1,9H2,(H,18,19). The summed E-state index contributed by atoms with van der Waals surface area (Å²) in [5.41, 5.74) is 0.920. The van der Waals surface area contributed by atoms with Gasteiger partial charge in [0, 0.05) is 24.6 Å². The Morgan fingerprint density at radius 1 is 1.23 bits per heavy atom. The van der Waals surface area contributed by atoms with Crippen LogP contribution in [0.15, 0.2) is 66.3 Å². The van der Waals surface area contributed by atoms with Gasteiger partial charge in [-0.1, -0.05) is 6.08 Å². The van der Waals surface area contributed by atoms with Crippen molar-refractivity contribution >= 4 is 21.6 Å². The van der Waals surface area contributed by atoms with Crippen LogP contribution in [-0.2, 0) is 10.0 Å². The van der Waals surface area contributed by atoms with Crippen molar-refractivity contribution < 1.29 is 13.2 Å². The highest BCUT2D eigenvalue weighted by molar-refractivity contribution is 7.89. The highest BCUT2D eigenvalue weighted by Crippen LogP contribution is 2.14. The monoisotopic (exact) mass is 317 g/mol. The van der Waals surface area contributed by atoms with Crippen molar-refractivity contribution in [2.75, 3.05) is 11.9 Å². The van der Waals surface area contributed by atoms with E-state index in [1.807, 2.05) is 0 Å². The zero-order valence-corrected chi connectivity index (χ0v) is 12.5. The summed E-state index contributed by atoms with van der Waals surface area (Å²) in [6.07, 6.45) is 4.49. The molecule has 1 aromatic carbocycles. The van der Waals surface area contributed by atoms with Gasteiger partial charge in [0.2, 0.25) is 10.0 Å². The molecule has 1 amide bonds. The largest absolute Gasteiger partial charge is 0.322 e. The molecule has 0 saturated heterocycles. The molecule has 0 spiro atoms. The number of sulfonamides is 1. The van der Waals surface area contributed by atoms with Crippen LogP contribution in [0.3, 0.4) is 0 Å². The minimum absolute atomic E-state index is 0.119. The molecule has 2 N–H and O–H groups in total. The van der Waals surface area contributed by atoms with Crippen LogP contribution in [0.1, 0.15) is 10.4 Å². The van der Waals surface area contributed by atoms with Crippen molar-refractivity contribution in [3.05, 3.63) is 67.0 Å². The summed E-state index contributed by atoms with van der Waals surface area (Å²) in [5, 5.41) is 2.67. The first-order chi connectivity index (χ1) is 10.5. The van der Waals surface area contributed by atoms with Crippen LogP contribution in [-0.4, -0.2) is 25.9 Å². The van der Waals surface area contributed by atoms with Crippen LogP contribution in [0.5, 0.6) is 0 Å². The Hall–Kier alpha value is -2.51. The fraction of sp³-hybridized carbons (Fsp3) is 0.0667. The maximum atomic E-state index is 11.9. The Labute approximate surface area is 129 Å². The molecule has 2 aromatic rings. The van der Waals surface area contributed by atoms with Crippen molar-refractivity contribution in [3.8, 4) is 0 Å². The molecule has 0 aliphatic heterocycles. The Morgan fingerprint density at radius 2 is 1.95 bits per heavy atom.